The third-order valence-electron chi connectivity index (χ3n) is 4.84. The van der Waals surface area contributed by atoms with E-state index in [2.05, 4.69) is 108 Å². The molecule has 236 valence electrons. The van der Waals surface area contributed by atoms with Crippen molar-refractivity contribution >= 4 is 176 Å². The van der Waals surface area contributed by atoms with Crippen LogP contribution in [0.1, 0.15) is 27.2 Å². The summed E-state index contributed by atoms with van der Waals surface area (Å²) in [6.45, 7) is 6.63. The Balaban J connectivity index is 0.000000831. The van der Waals surface area contributed by atoms with Gasteiger partial charge in [0.05, 0.1) is 4.92 Å². The Bertz CT molecular complexity index is 1110. The minimum absolute atomic E-state index is 0.0688. The summed E-state index contributed by atoms with van der Waals surface area (Å²) in [6, 6.07) is 4.88. The number of rotatable bonds is 15. The van der Waals surface area contributed by atoms with Crippen molar-refractivity contribution in [2.24, 2.45) is 5.92 Å². The number of allylic oxidation sites excluding steroid dienone is 1. The summed E-state index contributed by atoms with van der Waals surface area (Å²) in [5.74, 6) is -0.0951. The summed E-state index contributed by atoms with van der Waals surface area (Å²) in [6.07, 6.45) is 4.61. The molecule has 0 bridgehead atoms. The van der Waals surface area contributed by atoms with Crippen LogP contribution in [-0.4, -0.2) is 19.4 Å². The van der Waals surface area contributed by atoms with E-state index >= 15 is 0 Å². The van der Waals surface area contributed by atoms with E-state index in [1.165, 1.54) is 24.3 Å². The maximum atomic E-state index is 12.7. The summed E-state index contributed by atoms with van der Waals surface area (Å²) in [7, 11) is 25.0. The van der Waals surface area contributed by atoms with E-state index in [1.54, 1.807) is 0 Å². The lowest BCUT2D eigenvalue weighted by molar-refractivity contribution is -0.387. The van der Waals surface area contributed by atoms with Crippen LogP contribution in [0.2, 0.25) is 0 Å². The quantitative estimate of drug-likeness (QED) is 0.0623. The second kappa shape index (κ2) is 25.1. The zero-order valence-electron chi connectivity index (χ0n) is 22.6. The molecule has 6 nitrogen and oxygen atoms in total. The van der Waals surface area contributed by atoms with E-state index in [-0.39, 0.29) is 59.7 Å². The summed E-state index contributed by atoms with van der Waals surface area (Å²) in [5, 5.41) is 11.1. The molecule has 0 amide bonds. The molecule has 1 aromatic carbocycles. The van der Waals surface area contributed by atoms with Crippen LogP contribution in [-0.2, 0) is 10.0 Å². The second-order valence-electron chi connectivity index (χ2n) is 7.83. The first-order valence-corrected chi connectivity index (χ1v) is 44.2. The monoisotopic (exact) mass is 1010 g/mol. The number of nitrogens with one attached hydrogen (secondary N) is 1. The van der Waals surface area contributed by atoms with Gasteiger partial charge in [0.15, 0.2) is 4.90 Å². The molecule has 25 heteroatoms. The number of halogens is 1. The molecule has 0 saturated carbocycles. The van der Waals surface area contributed by atoms with Crippen molar-refractivity contribution in [1.82, 2.24) is 4.72 Å². The Kier molecular flexibility index (Phi) is 28.8. The normalized spacial score (nSPS) is 16.2. The van der Waals surface area contributed by atoms with Crippen LogP contribution in [0, 0.1) is 16.0 Å². The molecular weight excluding hydrogens is 970 g/mol. The fourth-order valence-corrected chi connectivity index (χ4v) is 194. The lowest BCUT2D eigenvalue weighted by Crippen LogP contribution is -2.40. The Morgan fingerprint density at radius 1 is 1.05 bits per heavy atom. The summed E-state index contributed by atoms with van der Waals surface area (Å²) in [4.78, 5) is 10.1. The van der Waals surface area contributed by atoms with Crippen LogP contribution in [0.3, 0.4) is 0 Å². The van der Waals surface area contributed by atoms with E-state index in [0.29, 0.717) is 0 Å². The van der Waals surface area contributed by atoms with E-state index in [4.69, 9.17) is 0 Å². The number of para-hydroxylation sites is 1. The summed E-state index contributed by atoms with van der Waals surface area (Å²) >= 11 is 2.08. The molecule has 1 rings (SSSR count). The van der Waals surface area contributed by atoms with Gasteiger partial charge in [-0.2, -0.15) is 0 Å². The van der Waals surface area contributed by atoms with E-state index in [0.717, 1.165) is 20.0 Å². The molecule has 0 heterocycles. The summed E-state index contributed by atoms with van der Waals surface area (Å²) in [5.41, 5.74) is 0.444. The van der Waals surface area contributed by atoms with Crippen molar-refractivity contribution in [2.75, 3.05) is 0 Å². The van der Waals surface area contributed by atoms with E-state index in [1.807, 2.05) is 37.0 Å². The fourth-order valence-electron chi connectivity index (χ4n) is 3.14. The molecular formula is C16H40IN2O4P17S. The maximum Gasteiger partial charge on any atom is 0.289 e. The molecule has 1 aromatic rings. The van der Waals surface area contributed by atoms with Crippen molar-refractivity contribution < 1.29 is 13.3 Å². The van der Waals surface area contributed by atoms with E-state index < -0.39 is 26.7 Å². The molecule has 0 radical (unpaired) electrons. The van der Waals surface area contributed by atoms with Crippen molar-refractivity contribution in [1.29, 1.82) is 0 Å². The van der Waals surface area contributed by atoms with Crippen molar-refractivity contribution in [3.8, 4) is 0 Å². The van der Waals surface area contributed by atoms with Crippen LogP contribution in [0.25, 0.3) is 0 Å². The largest absolute Gasteiger partial charge is 0.289 e. The van der Waals surface area contributed by atoms with Gasteiger partial charge in [-0.15, -0.1) is 80.4 Å². The molecule has 0 spiro atoms. The molecule has 1 N–H and O–H groups in total. The first kappa shape index (κ1) is 47.0. The molecule has 14 atom stereocenters. The lowest BCUT2D eigenvalue weighted by atomic mass is 9.96. The first-order chi connectivity index (χ1) is 19.0. The van der Waals surface area contributed by atoms with Gasteiger partial charge in [-0.3, -0.25) is 10.1 Å². The molecule has 41 heavy (non-hydrogen) atoms. The summed E-state index contributed by atoms with van der Waals surface area (Å²) < 4.78 is 29.9. The highest BCUT2D eigenvalue weighted by atomic mass is 127. The van der Waals surface area contributed by atoms with Crippen LogP contribution in [0.4, 0.5) is 5.69 Å². The van der Waals surface area contributed by atoms with Gasteiger partial charge in [-0.25, -0.2) is 13.1 Å². The number of sulfonamides is 1. The number of hydrogen-bond donors (Lipinski definition) is 1. The highest BCUT2D eigenvalue weighted by molar-refractivity contribution is 14.1. The number of nitrogens with zero attached hydrogens (tertiary/aromatic N) is 1. The van der Waals surface area contributed by atoms with Gasteiger partial charge in [0.1, 0.15) is 0 Å². The van der Waals surface area contributed by atoms with E-state index in [9.17, 15) is 18.5 Å². The van der Waals surface area contributed by atoms with Gasteiger partial charge in [0, 0.05) is 12.1 Å². The molecule has 0 aromatic heterocycles. The van der Waals surface area contributed by atoms with Gasteiger partial charge in [-0.05, 0) is 78.3 Å². The zero-order valence-corrected chi connectivity index (χ0v) is 43.2. The predicted molar refractivity (Wildman–Crippen MR) is 248 cm³/mol. The number of hydrogen-bond acceptors (Lipinski definition) is 4. The van der Waals surface area contributed by atoms with Gasteiger partial charge < -0.3 is 0 Å². The predicted octanol–water partition coefficient (Wildman–Crippen LogP) is 13.7. The van der Waals surface area contributed by atoms with Gasteiger partial charge in [-0.1, -0.05) is 74.3 Å². The minimum atomic E-state index is -4.03. The minimum Gasteiger partial charge on any atom is -0.258 e. The topological polar surface area (TPSA) is 89.3 Å². The van der Waals surface area contributed by atoms with Crippen molar-refractivity contribution in [3.05, 3.63) is 56.2 Å². The standard InChI is InChI=1S/C16H21IN2O4S.H19P17/c1-4-7-12(2)16(13(3)10-11-17)18-24(22,23)15-9-6-5-8-14(15)19(20)21;1-10-15(11(2)3)17(14(8)9)16(12(4)5)13(6)7/h5-11,13,16,18H,4H2,1-3H3;10H,1-9H2/b11-10+,12-7+;/t13-,16+;/m0./s1. The SMILES string of the molecule is CC/C=C(\C)[C@@H](NS(=O)(=O)c1ccccc1[N+](=O)[O-])[C@@H](C)/C=C/I.PPP(P(P)P)P(P(P)P)P(P(P)P)P(P)P. The first-order valence-electron chi connectivity index (χ1n) is 11.2. The van der Waals surface area contributed by atoms with Gasteiger partial charge in [0.2, 0.25) is 10.0 Å². The van der Waals surface area contributed by atoms with Crippen LogP contribution in [0.15, 0.2) is 51.0 Å². The second-order valence-corrected chi connectivity index (χ2v) is 74.6. The van der Waals surface area contributed by atoms with Crippen LogP contribution < -0.4 is 4.72 Å². The third-order valence-corrected chi connectivity index (χ3v) is 109. The molecule has 0 aliphatic carbocycles. The van der Waals surface area contributed by atoms with Crippen molar-refractivity contribution in [2.45, 2.75) is 38.1 Å². The lowest BCUT2D eigenvalue weighted by Gasteiger charge is -2.41. The average Bonchev–Trinajstić information content (AvgIpc) is 2.87. The highest BCUT2D eigenvalue weighted by Gasteiger charge is 2.37. The van der Waals surface area contributed by atoms with Crippen LogP contribution in [0.5, 0.6) is 0 Å². The maximum absolute atomic E-state index is 12.7. The molecule has 0 aliphatic rings. The average molecular weight is 1010 g/mol. The van der Waals surface area contributed by atoms with Gasteiger partial charge >= 0.3 is 0 Å². The van der Waals surface area contributed by atoms with Gasteiger partial charge in [0.25, 0.3) is 5.69 Å². The molecule has 0 aliphatic heterocycles. The number of benzene rings is 1. The highest BCUT2D eigenvalue weighted by Crippen LogP contribution is 3.25. The Morgan fingerprint density at radius 2 is 1.56 bits per heavy atom. The smallest absolute Gasteiger partial charge is 0.258 e. The Morgan fingerprint density at radius 3 is 1.95 bits per heavy atom. The number of nitro benzene ring substituents is 1. The van der Waals surface area contributed by atoms with Crippen LogP contribution >= 0.6 is 160 Å². The molecule has 0 saturated heterocycles. The van der Waals surface area contributed by atoms with Crippen molar-refractivity contribution in [3.63, 3.8) is 0 Å². The Labute approximate surface area is 291 Å². The third kappa shape index (κ3) is 17.2. The number of nitro groups is 1. The molecule has 12 unspecified atom stereocenters. The Hall–Kier alpha value is 6.05. The fraction of sp³-hybridized carbons (Fsp3) is 0.375. The zero-order chi connectivity index (χ0) is 32.1. The molecule has 0 fully saturated rings.